The fourth-order valence-corrected chi connectivity index (χ4v) is 1.67. The number of hydrogen-bond donors (Lipinski definition) is 3. The average Bonchev–Trinajstić information content (AvgIpc) is 2.31. The molecule has 1 aromatic carbocycles. The number of aliphatic hydroxyl groups excluding tert-OH is 1. The molecule has 2 atom stereocenters. The van der Waals surface area contributed by atoms with Crippen molar-refractivity contribution in [2.24, 2.45) is 5.73 Å². The molecule has 0 saturated carbocycles. The summed E-state index contributed by atoms with van der Waals surface area (Å²) in [6.45, 7) is 0. The van der Waals surface area contributed by atoms with E-state index in [9.17, 15) is 5.11 Å². The number of fused-ring (bicyclic) bond motifs is 1. The number of nitrogen functional groups attached to an aromatic ring is 1. The number of rotatable bonds is 0. The summed E-state index contributed by atoms with van der Waals surface area (Å²) < 4.78 is 0. The second-order valence-electron chi connectivity index (χ2n) is 3.26. The van der Waals surface area contributed by atoms with Crippen molar-refractivity contribution < 1.29 is 5.11 Å². The Bertz CT molecular complexity index is 311. The lowest BCUT2D eigenvalue weighted by molar-refractivity contribution is 0.158. The van der Waals surface area contributed by atoms with Gasteiger partial charge in [-0.05, 0) is 23.3 Å². The Balaban J connectivity index is 2.48. The Hall–Kier alpha value is -1.06. The van der Waals surface area contributed by atoms with Gasteiger partial charge in [0, 0.05) is 12.1 Å². The number of anilines is 1. The zero-order valence-corrected chi connectivity index (χ0v) is 6.70. The SMILES string of the molecule is Nc1ccc2c(c1)[C@@H](N)[C@H](O)C2. The van der Waals surface area contributed by atoms with Crippen LogP contribution in [0, 0.1) is 0 Å². The van der Waals surface area contributed by atoms with Gasteiger partial charge in [-0.1, -0.05) is 6.07 Å². The predicted molar refractivity (Wildman–Crippen MR) is 47.5 cm³/mol. The van der Waals surface area contributed by atoms with Crippen molar-refractivity contribution >= 4 is 5.69 Å². The number of aliphatic hydroxyl groups is 1. The van der Waals surface area contributed by atoms with Crippen molar-refractivity contribution in [3.63, 3.8) is 0 Å². The third-order valence-electron chi connectivity index (χ3n) is 2.37. The zero-order chi connectivity index (χ0) is 8.72. The monoisotopic (exact) mass is 164 g/mol. The van der Waals surface area contributed by atoms with Gasteiger partial charge in [0.15, 0.2) is 0 Å². The summed E-state index contributed by atoms with van der Waals surface area (Å²) in [5.41, 5.74) is 14.2. The summed E-state index contributed by atoms with van der Waals surface area (Å²) in [4.78, 5) is 0. The van der Waals surface area contributed by atoms with E-state index >= 15 is 0 Å². The van der Waals surface area contributed by atoms with Crippen LogP contribution in [-0.4, -0.2) is 11.2 Å². The first kappa shape index (κ1) is 7.58. The van der Waals surface area contributed by atoms with Crippen molar-refractivity contribution in [2.75, 3.05) is 5.73 Å². The Labute approximate surface area is 71.0 Å². The third kappa shape index (κ3) is 0.983. The molecule has 2 rings (SSSR count). The van der Waals surface area contributed by atoms with E-state index in [2.05, 4.69) is 0 Å². The molecule has 12 heavy (non-hydrogen) atoms. The van der Waals surface area contributed by atoms with Crippen LogP contribution in [-0.2, 0) is 6.42 Å². The average molecular weight is 164 g/mol. The molecule has 0 heterocycles. The molecule has 1 aliphatic carbocycles. The van der Waals surface area contributed by atoms with Crippen molar-refractivity contribution in [1.82, 2.24) is 0 Å². The fourth-order valence-electron chi connectivity index (χ4n) is 1.67. The van der Waals surface area contributed by atoms with Crippen molar-refractivity contribution in [3.8, 4) is 0 Å². The zero-order valence-electron chi connectivity index (χ0n) is 6.70. The van der Waals surface area contributed by atoms with Crippen LogP contribution in [0.4, 0.5) is 5.69 Å². The first-order valence-corrected chi connectivity index (χ1v) is 4.00. The summed E-state index contributed by atoms with van der Waals surface area (Å²) in [5.74, 6) is 0. The standard InChI is InChI=1S/C9H12N2O/c10-6-2-1-5-3-8(12)9(11)7(5)4-6/h1-2,4,8-9,12H,3,10-11H2/t8-,9-/m1/s1. The van der Waals surface area contributed by atoms with Gasteiger partial charge in [0.05, 0.1) is 12.1 Å². The summed E-state index contributed by atoms with van der Waals surface area (Å²) >= 11 is 0. The maximum absolute atomic E-state index is 9.44. The van der Waals surface area contributed by atoms with Gasteiger partial charge in [-0.2, -0.15) is 0 Å². The summed E-state index contributed by atoms with van der Waals surface area (Å²) in [6, 6.07) is 5.35. The Morgan fingerprint density at radius 3 is 2.92 bits per heavy atom. The number of benzene rings is 1. The largest absolute Gasteiger partial charge is 0.399 e. The van der Waals surface area contributed by atoms with E-state index in [1.54, 1.807) is 0 Å². The van der Waals surface area contributed by atoms with Crippen molar-refractivity contribution in [2.45, 2.75) is 18.6 Å². The maximum Gasteiger partial charge on any atom is 0.0773 e. The molecule has 64 valence electrons. The molecule has 0 bridgehead atoms. The molecule has 0 aromatic heterocycles. The maximum atomic E-state index is 9.44. The predicted octanol–water partition coefficient (Wildman–Crippen LogP) is 0.186. The molecule has 3 heteroatoms. The molecule has 0 saturated heterocycles. The van der Waals surface area contributed by atoms with E-state index in [1.807, 2.05) is 18.2 Å². The van der Waals surface area contributed by atoms with E-state index in [4.69, 9.17) is 11.5 Å². The van der Waals surface area contributed by atoms with Crippen molar-refractivity contribution in [1.29, 1.82) is 0 Å². The molecule has 0 unspecified atom stereocenters. The van der Waals surface area contributed by atoms with Crippen LogP contribution in [0.3, 0.4) is 0 Å². The van der Waals surface area contributed by atoms with Crippen LogP contribution < -0.4 is 11.5 Å². The molecule has 0 spiro atoms. The van der Waals surface area contributed by atoms with E-state index < -0.39 is 6.10 Å². The molecule has 1 aromatic rings. The quantitative estimate of drug-likeness (QED) is 0.479. The topological polar surface area (TPSA) is 72.3 Å². The minimum absolute atomic E-state index is 0.261. The smallest absolute Gasteiger partial charge is 0.0773 e. The van der Waals surface area contributed by atoms with Gasteiger partial charge < -0.3 is 16.6 Å². The minimum Gasteiger partial charge on any atom is -0.399 e. The summed E-state index contributed by atoms with van der Waals surface area (Å²) in [7, 11) is 0. The highest BCUT2D eigenvalue weighted by atomic mass is 16.3. The van der Waals surface area contributed by atoms with Crippen LogP contribution >= 0.6 is 0 Å². The van der Waals surface area contributed by atoms with Gasteiger partial charge >= 0.3 is 0 Å². The molecule has 0 amide bonds. The van der Waals surface area contributed by atoms with Gasteiger partial charge in [0.2, 0.25) is 0 Å². The number of nitrogens with two attached hydrogens (primary N) is 2. The van der Waals surface area contributed by atoms with Gasteiger partial charge in [0.25, 0.3) is 0 Å². The molecular weight excluding hydrogens is 152 g/mol. The van der Waals surface area contributed by atoms with Gasteiger partial charge in [-0.25, -0.2) is 0 Å². The van der Waals surface area contributed by atoms with Crippen LogP contribution in [0.1, 0.15) is 17.2 Å². The first-order valence-electron chi connectivity index (χ1n) is 4.00. The highest BCUT2D eigenvalue weighted by Crippen LogP contribution is 2.30. The van der Waals surface area contributed by atoms with E-state index in [1.165, 1.54) is 0 Å². The molecule has 0 aliphatic heterocycles. The Morgan fingerprint density at radius 1 is 1.42 bits per heavy atom. The molecule has 0 radical (unpaired) electrons. The van der Waals surface area contributed by atoms with Crippen molar-refractivity contribution in [3.05, 3.63) is 29.3 Å². The van der Waals surface area contributed by atoms with E-state index in [0.717, 1.165) is 11.1 Å². The van der Waals surface area contributed by atoms with Gasteiger partial charge in [-0.3, -0.25) is 0 Å². The second-order valence-corrected chi connectivity index (χ2v) is 3.26. The minimum atomic E-state index is -0.443. The lowest BCUT2D eigenvalue weighted by Crippen LogP contribution is -2.21. The highest BCUT2D eigenvalue weighted by Gasteiger charge is 2.27. The van der Waals surface area contributed by atoms with E-state index in [-0.39, 0.29) is 6.04 Å². The summed E-state index contributed by atoms with van der Waals surface area (Å²) in [6.07, 6.45) is 0.207. The Morgan fingerprint density at radius 2 is 2.17 bits per heavy atom. The Kier molecular flexibility index (Phi) is 1.56. The molecule has 0 fully saturated rings. The third-order valence-corrected chi connectivity index (χ3v) is 2.37. The lowest BCUT2D eigenvalue weighted by Gasteiger charge is -2.08. The lowest BCUT2D eigenvalue weighted by atomic mass is 10.1. The molecule has 5 N–H and O–H groups in total. The number of hydrogen-bond acceptors (Lipinski definition) is 3. The highest BCUT2D eigenvalue weighted by molar-refractivity contribution is 5.48. The fraction of sp³-hybridized carbons (Fsp3) is 0.333. The van der Waals surface area contributed by atoms with E-state index in [0.29, 0.717) is 12.1 Å². The normalized spacial score (nSPS) is 27.2. The molecular formula is C9H12N2O. The van der Waals surface area contributed by atoms with Crippen LogP contribution in [0.5, 0.6) is 0 Å². The summed E-state index contributed by atoms with van der Waals surface area (Å²) in [5, 5.41) is 9.44. The molecule has 1 aliphatic rings. The first-order chi connectivity index (χ1) is 5.68. The van der Waals surface area contributed by atoms with Crippen LogP contribution in [0.25, 0.3) is 0 Å². The second kappa shape index (κ2) is 2.47. The van der Waals surface area contributed by atoms with Crippen LogP contribution in [0.2, 0.25) is 0 Å². The van der Waals surface area contributed by atoms with Gasteiger partial charge in [-0.15, -0.1) is 0 Å². The molecule has 3 nitrogen and oxygen atoms in total. The van der Waals surface area contributed by atoms with Crippen LogP contribution in [0.15, 0.2) is 18.2 Å². The van der Waals surface area contributed by atoms with Gasteiger partial charge in [0.1, 0.15) is 0 Å².